The third kappa shape index (κ3) is 1.12. The van der Waals surface area contributed by atoms with E-state index in [0.717, 1.165) is 5.76 Å². The van der Waals surface area contributed by atoms with Gasteiger partial charge >= 0.3 is 0 Å². The van der Waals surface area contributed by atoms with Crippen LogP contribution in [0.3, 0.4) is 0 Å². The molecule has 0 bridgehead atoms. The van der Waals surface area contributed by atoms with Crippen LogP contribution < -0.4 is 11.5 Å². The van der Waals surface area contributed by atoms with Gasteiger partial charge in [0.15, 0.2) is 0 Å². The maximum atomic E-state index is 5.87. The Morgan fingerprint density at radius 2 is 2.27 bits per heavy atom. The molecule has 1 aliphatic rings. The van der Waals surface area contributed by atoms with E-state index in [2.05, 4.69) is 0 Å². The molecule has 3 heteroatoms. The molecular weight excluding hydrogens is 140 g/mol. The number of nitrogens with two attached hydrogens (primary N) is 2. The van der Waals surface area contributed by atoms with Crippen molar-refractivity contribution in [3.05, 3.63) is 18.1 Å². The van der Waals surface area contributed by atoms with Gasteiger partial charge in [0, 0.05) is 0 Å². The van der Waals surface area contributed by atoms with E-state index in [-0.39, 0.29) is 6.04 Å². The molecule has 3 nitrogen and oxygen atoms in total. The molecule has 0 unspecified atom stereocenters. The minimum Gasteiger partial charge on any atom is -0.465 e. The molecule has 0 aromatic carbocycles. The van der Waals surface area contributed by atoms with Crippen LogP contribution in [0.2, 0.25) is 0 Å². The Balaban J connectivity index is 2.20. The first-order chi connectivity index (χ1) is 5.29. The highest BCUT2D eigenvalue weighted by Gasteiger charge is 2.32. The third-order valence-electron chi connectivity index (χ3n) is 2.16. The van der Waals surface area contributed by atoms with E-state index in [9.17, 15) is 0 Å². The summed E-state index contributed by atoms with van der Waals surface area (Å²) in [6, 6.07) is 1.77. The lowest BCUT2D eigenvalue weighted by atomic mass is 10.1. The summed E-state index contributed by atoms with van der Waals surface area (Å²) in [7, 11) is 0. The molecule has 0 radical (unpaired) electrons. The number of hydrogen-bond donors (Lipinski definition) is 2. The van der Waals surface area contributed by atoms with E-state index in [1.54, 1.807) is 12.3 Å². The Morgan fingerprint density at radius 1 is 1.55 bits per heavy atom. The van der Waals surface area contributed by atoms with E-state index in [0.29, 0.717) is 11.6 Å². The summed E-state index contributed by atoms with van der Waals surface area (Å²) in [6.45, 7) is 0. The summed E-state index contributed by atoms with van der Waals surface area (Å²) in [5.74, 6) is 1.36. The van der Waals surface area contributed by atoms with E-state index in [1.165, 1.54) is 12.8 Å². The zero-order valence-corrected chi connectivity index (χ0v) is 6.29. The summed E-state index contributed by atoms with van der Waals surface area (Å²) >= 11 is 0. The maximum Gasteiger partial charge on any atom is 0.143 e. The van der Waals surface area contributed by atoms with Gasteiger partial charge in [0.25, 0.3) is 0 Å². The highest BCUT2D eigenvalue weighted by Crippen LogP contribution is 2.41. The largest absolute Gasteiger partial charge is 0.465 e. The van der Waals surface area contributed by atoms with Gasteiger partial charge in [0.05, 0.1) is 18.0 Å². The predicted octanol–water partition coefficient (Wildman–Crippen LogP) is 1.27. The Morgan fingerprint density at radius 3 is 2.73 bits per heavy atom. The molecule has 1 aliphatic carbocycles. The summed E-state index contributed by atoms with van der Waals surface area (Å²) in [5, 5.41) is 0. The molecule has 1 saturated carbocycles. The van der Waals surface area contributed by atoms with Crippen molar-refractivity contribution < 1.29 is 4.42 Å². The van der Waals surface area contributed by atoms with Crippen LogP contribution in [-0.2, 0) is 0 Å². The van der Waals surface area contributed by atoms with Crippen molar-refractivity contribution in [1.82, 2.24) is 0 Å². The molecule has 11 heavy (non-hydrogen) atoms. The maximum absolute atomic E-state index is 5.87. The van der Waals surface area contributed by atoms with E-state index in [4.69, 9.17) is 15.9 Å². The van der Waals surface area contributed by atoms with Crippen molar-refractivity contribution in [3.8, 4) is 0 Å². The second kappa shape index (κ2) is 2.27. The van der Waals surface area contributed by atoms with Crippen LogP contribution in [0.25, 0.3) is 0 Å². The van der Waals surface area contributed by atoms with E-state index >= 15 is 0 Å². The topological polar surface area (TPSA) is 65.2 Å². The highest BCUT2D eigenvalue weighted by molar-refractivity contribution is 5.42. The monoisotopic (exact) mass is 152 g/mol. The van der Waals surface area contributed by atoms with E-state index < -0.39 is 0 Å². The first kappa shape index (κ1) is 6.73. The summed E-state index contributed by atoms with van der Waals surface area (Å²) in [6.07, 6.45) is 4.01. The minimum atomic E-state index is 0.0185. The molecule has 0 spiro atoms. The summed E-state index contributed by atoms with van der Waals surface area (Å²) < 4.78 is 5.18. The van der Waals surface area contributed by atoms with Crippen LogP contribution in [0.1, 0.15) is 24.6 Å². The van der Waals surface area contributed by atoms with Gasteiger partial charge in [-0.3, -0.25) is 0 Å². The average Bonchev–Trinajstić information content (AvgIpc) is 2.74. The van der Waals surface area contributed by atoms with Gasteiger partial charge in [0.1, 0.15) is 5.76 Å². The van der Waals surface area contributed by atoms with Crippen molar-refractivity contribution >= 4 is 5.69 Å². The second-order valence-electron chi connectivity index (χ2n) is 3.10. The number of furan rings is 1. The van der Waals surface area contributed by atoms with Crippen LogP contribution in [0.4, 0.5) is 5.69 Å². The molecule has 1 fully saturated rings. The van der Waals surface area contributed by atoms with Crippen LogP contribution in [0, 0.1) is 5.92 Å². The molecule has 2 rings (SSSR count). The first-order valence-electron chi connectivity index (χ1n) is 3.87. The van der Waals surface area contributed by atoms with Crippen LogP contribution in [0.5, 0.6) is 0 Å². The Bertz CT molecular complexity index is 252. The summed E-state index contributed by atoms with van der Waals surface area (Å²) in [4.78, 5) is 0. The van der Waals surface area contributed by atoms with Crippen molar-refractivity contribution in [2.24, 2.45) is 11.7 Å². The standard InChI is InChI=1S/C8H12N2O/c9-6-3-4-11-8(6)7(10)5-1-2-5/h3-5,7H,1-2,9-10H2/t7-/m0/s1. The highest BCUT2D eigenvalue weighted by atomic mass is 16.3. The fourth-order valence-corrected chi connectivity index (χ4v) is 1.27. The lowest BCUT2D eigenvalue weighted by molar-refractivity contribution is 0.445. The fraction of sp³-hybridized carbons (Fsp3) is 0.500. The van der Waals surface area contributed by atoms with Crippen molar-refractivity contribution in [1.29, 1.82) is 0 Å². The lowest BCUT2D eigenvalue weighted by Gasteiger charge is -2.06. The van der Waals surface area contributed by atoms with Crippen molar-refractivity contribution in [2.75, 3.05) is 5.73 Å². The number of nitrogen functional groups attached to an aromatic ring is 1. The quantitative estimate of drug-likeness (QED) is 0.670. The van der Waals surface area contributed by atoms with Gasteiger partial charge in [-0.15, -0.1) is 0 Å². The smallest absolute Gasteiger partial charge is 0.143 e. The molecule has 0 saturated heterocycles. The van der Waals surface area contributed by atoms with Gasteiger partial charge in [0.2, 0.25) is 0 Å². The van der Waals surface area contributed by atoms with Gasteiger partial charge in [-0.05, 0) is 24.8 Å². The van der Waals surface area contributed by atoms with E-state index in [1.807, 2.05) is 0 Å². The zero-order valence-electron chi connectivity index (χ0n) is 6.29. The molecular formula is C8H12N2O. The second-order valence-corrected chi connectivity index (χ2v) is 3.10. The minimum absolute atomic E-state index is 0.0185. The average molecular weight is 152 g/mol. The molecule has 60 valence electrons. The Hall–Kier alpha value is -0.960. The SMILES string of the molecule is Nc1ccoc1[C@@H](N)C1CC1. The van der Waals surface area contributed by atoms with Crippen LogP contribution in [0.15, 0.2) is 16.7 Å². The number of anilines is 1. The zero-order chi connectivity index (χ0) is 7.84. The molecule has 1 aromatic heterocycles. The van der Waals surface area contributed by atoms with Gasteiger partial charge in [-0.1, -0.05) is 0 Å². The molecule has 1 heterocycles. The third-order valence-corrected chi connectivity index (χ3v) is 2.16. The fourth-order valence-electron chi connectivity index (χ4n) is 1.27. The van der Waals surface area contributed by atoms with Crippen molar-refractivity contribution in [3.63, 3.8) is 0 Å². The Labute approximate surface area is 65.4 Å². The molecule has 1 aromatic rings. The van der Waals surface area contributed by atoms with Crippen molar-refractivity contribution in [2.45, 2.75) is 18.9 Å². The van der Waals surface area contributed by atoms with Gasteiger partial charge in [-0.25, -0.2) is 0 Å². The Kier molecular flexibility index (Phi) is 1.39. The number of hydrogen-bond acceptors (Lipinski definition) is 3. The van der Waals surface area contributed by atoms with Crippen LogP contribution in [-0.4, -0.2) is 0 Å². The van der Waals surface area contributed by atoms with Crippen LogP contribution >= 0.6 is 0 Å². The molecule has 4 N–H and O–H groups in total. The predicted molar refractivity (Wildman–Crippen MR) is 42.8 cm³/mol. The number of rotatable bonds is 2. The van der Waals surface area contributed by atoms with Gasteiger partial charge in [-0.2, -0.15) is 0 Å². The summed E-state index contributed by atoms with van der Waals surface area (Å²) in [5.41, 5.74) is 12.2. The molecule has 0 aliphatic heterocycles. The molecule has 1 atom stereocenters. The normalized spacial score (nSPS) is 20.1. The first-order valence-corrected chi connectivity index (χ1v) is 3.87. The lowest BCUT2D eigenvalue weighted by Crippen LogP contribution is -2.12. The van der Waals surface area contributed by atoms with Gasteiger partial charge < -0.3 is 15.9 Å². The molecule has 0 amide bonds.